The van der Waals surface area contributed by atoms with E-state index in [1.165, 1.54) is 42.8 Å². The molecule has 45 heavy (non-hydrogen) atoms. The van der Waals surface area contributed by atoms with E-state index in [-0.39, 0.29) is 48.8 Å². The smallest absolute Gasteiger partial charge is 0.288 e. The van der Waals surface area contributed by atoms with Crippen molar-refractivity contribution < 1.29 is 32.5 Å². The predicted octanol–water partition coefficient (Wildman–Crippen LogP) is 4.35. The predicted molar refractivity (Wildman–Crippen MR) is 174 cm³/mol. The Hall–Kier alpha value is -2.48. The average Bonchev–Trinajstić information content (AvgIpc) is 3.08. The number of piperidine rings is 2. The van der Waals surface area contributed by atoms with Crippen LogP contribution in [-0.4, -0.2) is 105 Å². The van der Waals surface area contributed by atoms with Gasteiger partial charge in [-0.3, -0.25) is 4.79 Å². The fourth-order valence-electron chi connectivity index (χ4n) is 6.37. The zero-order valence-electron chi connectivity index (χ0n) is 25.9. The lowest BCUT2D eigenvalue weighted by atomic mass is 9.92. The molecule has 0 saturated carbocycles. The average molecular weight is 707 g/mol. The summed E-state index contributed by atoms with van der Waals surface area (Å²) in [5.41, 5.74) is 1.04. The number of amides is 1. The topological polar surface area (TPSA) is 109 Å². The van der Waals surface area contributed by atoms with Gasteiger partial charge in [-0.1, -0.05) is 34.5 Å². The standard InChI is InChI=1S/C33H44BrN3O7S/c1-42-29-9-11-30(12-10-29)45(40,41)37(19-21-38)20-22-43-32-24-26(25-5-7-27(34)8-6-25)23-31(44-32)33(39)36-17-13-28(14-18-36)35-15-3-2-4-16-35/h5-12,23,26,28,32,38H,2-4,13-22,24H2,1H3/t26-,32+/m0/s1. The Morgan fingerprint density at radius 1 is 1.00 bits per heavy atom. The van der Waals surface area contributed by atoms with Crippen LogP contribution in [-0.2, 0) is 24.3 Å². The molecule has 1 N–H and O–H groups in total. The fourth-order valence-corrected chi connectivity index (χ4v) is 8.05. The third-order valence-corrected chi connectivity index (χ3v) is 11.4. The minimum atomic E-state index is -3.88. The van der Waals surface area contributed by atoms with Crippen LogP contribution in [0.4, 0.5) is 0 Å². The molecule has 10 nitrogen and oxygen atoms in total. The second-order valence-corrected chi connectivity index (χ2v) is 14.6. The number of aliphatic hydroxyl groups excluding tert-OH is 1. The summed E-state index contributed by atoms with van der Waals surface area (Å²) in [5, 5.41) is 9.62. The molecular weight excluding hydrogens is 662 g/mol. The number of hydrogen-bond donors (Lipinski definition) is 1. The summed E-state index contributed by atoms with van der Waals surface area (Å²) in [6.07, 6.45) is 7.35. The summed E-state index contributed by atoms with van der Waals surface area (Å²) in [6.45, 7) is 3.29. The van der Waals surface area contributed by atoms with Crippen LogP contribution >= 0.6 is 15.9 Å². The molecule has 2 atom stereocenters. The molecule has 0 aliphatic carbocycles. The van der Waals surface area contributed by atoms with Crippen molar-refractivity contribution in [2.75, 3.05) is 59.6 Å². The molecule has 0 unspecified atom stereocenters. The van der Waals surface area contributed by atoms with E-state index in [4.69, 9.17) is 14.2 Å². The lowest BCUT2D eigenvalue weighted by molar-refractivity contribution is -0.153. The van der Waals surface area contributed by atoms with E-state index in [0.717, 1.165) is 36.0 Å². The lowest BCUT2D eigenvalue weighted by Crippen LogP contribution is -2.49. The summed E-state index contributed by atoms with van der Waals surface area (Å²) >= 11 is 3.50. The highest BCUT2D eigenvalue weighted by atomic mass is 79.9. The van der Waals surface area contributed by atoms with E-state index in [1.54, 1.807) is 12.1 Å². The van der Waals surface area contributed by atoms with E-state index in [2.05, 4.69) is 20.8 Å². The zero-order valence-corrected chi connectivity index (χ0v) is 28.3. The summed E-state index contributed by atoms with van der Waals surface area (Å²) in [6, 6.07) is 14.6. The zero-order chi connectivity index (χ0) is 31.8. The molecule has 0 radical (unpaired) electrons. The SMILES string of the molecule is COc1ccc(S(=O)(=O)N(CCO)CCO[C@H]2C[C@@H](c3ccc(Br)cc3)C=C(C(=O)N3CCC(N4CCCCC4)CC3)O2)cc1. The summed E-state index contributed by atoms with van der Waals surface area (Å²) < 4.78 is 46.2. The quantitative estimate of drug-likeness (QED) is 0.348. The first-order valence-electron chi connectivity index (χ1n) is 15.8. The molecule has 2 aromatic carbocycles. The third kappa shape index (κ3) is 8.66. The van der Waals surface area contributed by atoms with E-state index >= 15 is 0 Å². The molecule has 0 bridgehead atoms. The number of halogens is 1. The molecule has 3 heterocycles. The first kappa shape index (κ1) is 33.9. The van der Waals surface area contributed by atoms with Crippen LogP contribution in [0.3, 0.4) is 0 Å². The fraction of sp³-hybridized carbons (Fsp3) is 0.545. The minimum Gasteiger partial charge on any atom is -0.497 e. The summed E-state index contributed by atoms with van der Waals surface area (Å²) in [5.74, 6) is 0.573. The Labute approximate surface area is 275 Å². The van der Waals surface area contributed by atoms with Crippen molar-refractivity contribution in [1.29, 1.82) is 0 Å². The van der Waals surface area contributed by atoms with Crippen molar-refractivity contribution >= 4 is 31.9 Å². The number of aliphatic hydroxyl groups is 1. The van der Waals surface area contributed by atoms with Gasteiger partial charge in [0, 0.05) is 49.0 Å². The molecule has 246 valence electrons. The summed E-state index contributed by atoms with van der Waals surface area (Å²) in [7, 11) is -2.37. The molecule has 2 aromatic rings. The number of sulfonamides is 1. The highest BCUT2D eigenvalue weighted by Crippen LogP contribution is 2.33. The molecular formula is C33H44BrN3O7S. The largest absolute Gasteiger partial charge is 0.497 e. The van der Waals surface area contributed by atoms with Crippen molar-refractivity contribution in [3.63, 3.8) is 0 Å². The third-order valence-electron chi connectivity index (χ3n) is 8.92. The number of carbonyl (C=O) groups is 1. The van der Waals surface area contributed by atoms with Gasteiger partial charge in [-0.25, -0.2) is 8.42 Å². The van der Waals surface area contributed by atoms with Gasteiger partial charge in [0.05, 0.1) is 25.2 Å². The van der Waals surface area contributed by atoms with Gasteiger partial charge in [0.2, 0.25) is 16.3 Å². The van der Waals surface area contributed by atoms with E-state index < -0.39 is 16.3 Å². The minimum absolute atomic E-state index is 0.00867. The van der Waals surface area contributed by atoms with Gasteiger partial charge >= 0.3 is 0 Å². The van der Waals surface area contributed by atoms with Crippen molar-refractivity contribution in [1.82, 2.24) is 14.1 Å². The maximum Gasteiger partial charge on any atom is 0.288 e. The normalized spacial score (nSPS) is 21.8. The number of ether oxygens (including phenoxy) is 3. The van der Waals surface area contributed by atoms with Gasteiger partial charge in [0.25, 0.3) is 5.91 Å². The Morgan fingerprint density at radius 3 is 2.33 bits per heavy atom. The number of rotatable bonds is 12. The van der Waals surface area contributed by atoms with Crippen LogP contribution in [0.2, 0.25) is 0 Å². The van der Waals surface area contributed by atoms with Gasteiger partial charge in [0.1, 0.15) is 5.75 Å². The van der Waals surface area contributed by atoms with Crippen LogP contribution in [0.15, 0.2) is 69.7 Å². The van der Waals surface area contributed by atoms with Crippen molar-refractivity contribution in [2.24, 2.45) is 0 Å². The molecule has 2 fully saturated rings. The molecule has 2 saturated heterocycles. The maximum absolute atomic E-state index is 13.7. The highest BCUT2D eigenvalue weighted by Gasteiger charge is 2.34. The first-order valence-corrected chi connectivity index (χ1v) is 18.1. The molecule has 0 spiro atoms. The number of nitrogens with zero attached hydrogens (tertiary/aromatic N) is 3. The van der Waals surface area contributed by atoms with Crippen LogP contribution < -0.4 is 4.74 Å². The van der Waals surface area contributed by atoms with E-state index in [1.807, 2.05) is 35.2 Å². The second-order valence-electron chi connectivity index (χ2n) is 11.8. The van der Waals surface area contributed by atoms with E-state index in [0.29, 0.717) is 31.3 Å². The number of likely N-dealkylation sites (tertiary alicyclic amines) is 2. The molecule has 0 aromatic heterocycles. The number of hydrogen-bond acceptors (Lipinski definition) is 8. The Morgan fingerprint density at radius 2 is 1.69 bits per heavy atom. The van der Waals surface area contributed by atoms with Gasteiger partial charge in [-0.05, 0) is 86.8 Å². The van der Waals surface area contributed by atoms with Gasteiger partial charge in [0.15, 0.2) is 5.76 Å². The Balaban J connectivity index is 1.24. The van der Waals surface area contributed by atoms with E-state index in [9.17, 15) is 18.3 Å². The Bertz CT molecular complexity index is 1390. The Kier molecular flexibility index (Phi) is 12.0. The van der Waals surface area contributed by atoms with Crippen molar-refractivity contribution in [3.8, 4) is 5.75 Å². The molecule has 12 heteroatoms. The van der Waals surface area contributed by atoms with Gasteiger partial charge in [-0.15, -0.1) is 0 Å². The van der Waals surface area contributed by atoms with Gasteiger partial charge in [-0.2, -0.15) is 4.31 Å². The highest BCUT2D eigenvalue weighted by molar-refractivity contribution is 9.10. The summed E-state index contributed by atoms with van der Waals surface area (Å²) in [4.78, 5) is 18.3. The monoisotopic (exact) mass is 705 g/mol. The molecule has 1 amide bonds. The molecule has 3 aliphatic heterocycles. The second kappa shape index (κ2) is 15.9. The van der Waals surface area contributed by atoms with Crippen LogP contribution in [0.25, 0.3) is 0 Å². The number of carbonyl (C=O) groups excluding carboxylic acids is 1. The molecule has 3 aliphatic rings. The number of benzene rings is 2. The first-order chi connectivity index (χ1) is 21.8. The van der Waals surface area contributed by atoms with Crippen LogP contribution in [0.5, 0.6) is 5.75 Å². The van der Waals surface area contributed by atoms with Gasteiger partial charge < -0.3 is 29.1 Å². The number of allylic oxidation sites excluding steroid dienone is 1. The van der Waals surface area contributed by atoms with Crippen molar-refractivity contribution in [2.45, 2.75) is 61.7 Å². The van der Waals surface area contributed by atoms with Crippen LogP contribution in [0, 0.1) is 0 Å². The van der Waals surface area contributed by atoms with Crippen molar-refractivity contribution in [3.05, 3.63) is 70.4 Å². The lowest BCUT2D eigenvalue weighted by Gasteiger charge is -2.40. The number of methoxy groups -OCH3 is 1. The molecule has 5 rings (SSSR count). The maximum atomic E-state index is 13.7. The van der Waals surface area contributed by atoms with Crippen LogP contribution in [0.1, 0.15) is 50.0 Å².